The average Bonchev–Trinajstić information content (AvgIpc) is 3.21. The third-order valence-electron chi connectivity index (χ3n) is 6.10. The Labute approximate surface area is 220 Å². The van der Waals surface area contributed by atoms with Gasteiger partial charge < -0.3 is 20.1 Å². The van der Waals surface area contributed by atoms with Crippen LogP contribution in [-0.2, 0) is 4.84 Å². The van der Waals surface area contributed by atoms with Crippen LogP contribution in [0.2, 0.25) is 0 Å². The molecule has 0 aliphatic carbocycles. The summed E-state index contributed by atoms with van der Waals surface area (Å²) in [6.45, 7) is 2.91. The van der Waals surface area contributed by atoms with Crippen LogP contribution in [0.4, 0.5) is 5.69 Å². The lowest BCUT2D eigenvalue weighted by atomic mass is 10.00. The van der Waals surface area contributed by atoms with E-state index in [9.17, 15) is 19.8 Å². The zero-order chi connectivity index (χ0) is 27.4. The van der Waals surface area contributed by atoms with Gasteiger partial charge in [-0.2, -0.15) is 0 Å². The summed E-state index contributed by atoms with van der Waals surface area (Å²) in [6, 6.07) is 19.3. The van der Waals surface area contributed by atoms with Gasteiger partial charge in [0.15, 0.2) is 5.88 Å². The number of nitrogens with one attached hydrogen (secondary N) is 1. The molecule has 3 aromatic carbocycles. The maximum absolute atomic E-state index is 12.9. The minimum absolute atomic E-state index is 0.107. The summed E-state index contributed by atoms with van der Waals surface area (Å²) in [7, 11) is 5.45. The number of hydrogen-bond acceptors (Lipinski definition) is 6. The van der Waals surface area contributed by atoms with Gasteiger partial charge in [-0.05, 0) is 56.9 Å². The Morgan fingerprint density at radius 3 is 2.37 bits per heavy atom. The van der Waals surface area contributed by atoms with E-state index in [1.807, 2.05) is 56.3 Å². The first-order valence-electron chi connectivity index (χ1n) is 12.0. The van der Waals surface area contributed by atoms with Gasteiger partial charge >= 0.3 is 5.97 Å². The molecule has 0 saturated heterocycles. The summed E-state index contributed by atoms with van der Waals surface area (Å²) in [4.78, 5) is 39.6. The Balaban J connectivity index is 1.73. The second-order valence-electron chi connectivity index (χ2n) is 9.18. The molecule has 0 fully saturated rings. The number of carbonyl (C=O) groups excluding carboxylic acids is 1. The average molecular weight is 515 g/mol. The lowest BCUT2D eigenvalue weighted by molar-refractivity contribution is -0.108. The Bertz CT molecular complexity index is 1510. The smallest absolute Gasteiger partial charge is 0.335 e. The molecule has 0 aliphatic rings. The van der Waals surface area contributed by atoms with E-state index in [2.05, 4.69) is 4.98 Å². The quantitative estimate of drug-likeness (QED) is 0.222. The first-order valence-corrected chi connectivity index (χ1v) is 12.0. The maximum atomic E-state index is 12.9. The second kappa shape index (κ2) is 11.3. The van der Waals surface area contributed by atoms with Crippen molar-refractivity contribution in [2.45, 2.75) is 6.92 Å². The van der Waals surface area contributed by atoms with Crippen LogP contribution in [0.3, 0.4) is 0 Å². The Morgan fingerprint density at radius 1 is 0.974 bits per heavy atom. The summed E-state index contributed by atoms with van der Waals surface area (Å²) in [5.41, 5.74) is 4.11. The number of aromatic nitrogens is 1. The number of aromatic carboxylic acids is 1. The topological polar surface area (TPSA) is 118 Å². The van der Waals surface area contributed by atoms with Crippen molar-refractivity contribution in [1.29, 1.82) is 0 Å². The molecule has 3 N–H and O–H groups in total. The highest BCUT2D eigenvalue weighted by Crippen LogP contribution is 2.32. The molecule has 0 radical (unpaired) electrons. The SMILES string of the molecule is Cc1cc(N=C(c2ccccc2)c2c(O)[nH]c3cc(C(=O)O)ccc23)ccc1C(=O)N(C)OCCN(C)C. The van der Waals surface area contributed by atoms with Crippen LogP contribution in [0.5, 0.6) is 5.88 Å². The van der Waals surface area contributed by atoms with E-state index in [1.165, 1.54) is 17.2 Å². The van der Waals surface area contributed by atoms with E-state index < -0.39 is 5.97 Å². The monoisotopic (exact) mass is 514 g/mol. The van der Waals surface area contributed by atoms with Gasteiger partial charge in [0.25, 0.3) is 5.91 Å². The van der Waals surface area contributed by atoms with E-state index >= 15 is 0 Å². The number of amides is 1. The highest BCUT2D eigenvalue weighted by molar-refractivity contribution is 6.22. The molecule has 4 aromatic rings. The van der Waals surface area contributed by atoms with Gasteiger partial charge in [-0.1, -0.05) is 36.4 Å². The first-order chi connectivity index (χ1) is 18.2. The third-order valence-corrected chi connectivity index (χ3v) is 6.10. The first kappa shape index (κ1) is 26.6. The highest BCUT2D eigenvalue weighted by Gasteiger charge is 2.20. The molecule has 0 aliphatic heterocycles. The van der Waals surface area contributed by atoms with E-state index in [4.69, 9.17) is 9.83 Å². The zero-order valence-electron chi connectivity index (χ0n) is 21.7. The molecular formula is C29H30N4O5. The standard InChI is InChI=1S/C29H30N4O5/c1-18-16-21(11-13-22(18)28(35)33(4)38-15-14-32(2)3)30-26(19-8-6-5-7-9-19)25-23-12-10-20(29(36)37)17-24(23)31-27(25)34/h5-13,16-17,31,34H,14-15H2,1-4H3,(H,36,37). The van der Waals surface area contributed by atoms with E-state index in [1.54, 1.807) is 31.3 Å². The number of carboxylic acid groups (broad SMARTS) is 1. The van der Waals surface area contributed by atoms with Gasteiger partial charge in [-0.3, -0.25) is 9.63 Å². The molecular weight excluding hydrogens is 484 g/mol. The molecule has 1 aromatic heterocycles. The van der Waals surface area contributed by atoms with E-state index in [0.29, 0.717) is 46.6 Å². The number of carbonyl (C=O) groups is 2. The van der Waals surface area contributed by atoms with Gasteiger partial charge in [0, 0.05) is 35.6 Å². The Morgan fingerprint density at radius 2 is 1.71 bits per heavy atom. The molecule has 1 heterocycles. The number of H-pyrrole nitrogens is 1. The van der Waals surface area contributed by atoms with Gasteiger partial charge in [-0.15, -0.1) is 0 Å². The van der Waals surface area contributed by atoms with Crippen LogP contribution in [-0.4, -0.2) is 77.0 Å². The molecule has 4 rings (SSSR count). The molecule has 0 spiro atoms. The molecule has 0 bridgehead atoms. The minimum Gasteiger partial charge on any atom is -0.494 e. The van der Waals surface area contributed by atoms with Crippen LogP contribution >= 0.6 is 0 Å². The summed E-state index contributed by atoms with van der Waals surface area (Å²) in [5.74, 6) is -1.44. The van der Waals surface area contributed by atoms with Gasteiger partial charge in [0.05, 0.1) is 29.1 Å². The summed E-state index contributed by atoms with van der Waals surface area (Å²) >= 11 is 0. The largest absolute Gasteiger partial charge is 0.494 e. The van der Waals surface area contributed by atoms with Crippen molar-refractivity contribution in [3.63, 3.8) is 0 Å². The van der Waals surface area contributed by atoms with Crippen LogP contribution in [0.1, 0.15) is 37.4 Å². The highest BCUT2D eigenvalue weighted by atomic mass is 16.7. The number of hydrogen-bond donors (Lipinski definition) is 3. The molecule has 38 heavy (non-hydrogen) atoms. The number of fused-ring (bicyclic) bond motifs is 1. The van der Waals surface area contributed by atoms with Gasteiger partial charge in [0.2, 0.25) is 0 Å². The molecule has 0 saturated carbocycles. The fraction of sp³-hybridized carbons (Fsp3) is 0.207. The van der Waals surface area contributed by atoms with Crippen molar-refractivity contribution in [3.8, 4) is 5.88 Å². The lowest BCUT2D eigenvalue weighted by Crippen LogP contribution is -2.30. The number of aromatic amines is 1. The summed E-state index contributed by atoms with van der Waals surface area (Å²) < 4.78 is 0. The van der Waals surface area contributed by atoms with Crippen LogP contribution in [0, 0.1) is 6.92 Å². The molecule has 9 heteroatoms. The summed E-state index contributed by atoms with van der Waals surface area (Å²) in [6.07, 6.45) is 0. The van der Waals surface area contributed by atoms with Crippen molar-refractivity contribution in [2.24, 2.45) is 4.99 Å². The van der Waals surface area contributed by atoms with Crippen LogP contribution in [0.15, 0.2) is 71.7 Å². The molecule has 196 valence electrons. The number of aliphatic imine (C=N–C) groups is 1. The van der Waals surface area contributed by atoms with E-state index in [0.717, 1.165) is 11.1 Å². The predicted octanol–water partition coefficient (Wildman–Crippen LogP) is 4.61. The molecule has 0 atom stereocenters. The van der Waals surface area contributed by atoms with Crippen LogP contribution < -0.4 is 0 Å². The van der Waals surface area contributed by atoms with E-state index in [-0.39, 0.29) is 17.4 Å². The number of hydroxylamine groups is 2. The van der Waals surface area contributed by atoms with Crippen LogP contribution in [0.25, 0.3) is 10.9 Å². The predicted molar refractivity (Wildman–Crippen MR) is 146 cm³/mol. The molecule has 9 nitrogen and oxygen atoms in total. The van der Waals surface area contributed by atoms with Gasteiger partial charge in [-0.25, -0.2) is 14.9 Å². The van der Waals surface area contributed by atoms with Crippen molar-refractivity contribution in [1.82, 2.24) is 14.9 Å². The van der Waals surface area contributed by atoms with Gasteiger partial charge in [0.1, 0.15) is 0 Å². The fourth-order valence-corrected chi connectivity index (χ4v) is 4.09. The number of likely N-dealkylation sites (N-methyl/N-ethyl adjacent to an activating group) is 1. The maximum Gasteiger partial charge on any atom is 0.335 e. The van der Waals surface area contributed by atoms with Crippen molar-refractivity contribution in [3.05, 3.63) is 94.5 Å². The number of aromatic hydroxyl groups is 1. The number of benzene rings is 3. The number of aryl methyl sites for hydroxylation is 1. The fourth-order valence-electron chi connectivity index (χ4n) is 4.09. The normalized spacial score (nSPS) is 11.8. The molecule has 1 amide bonds. The van der Waals surface area contributed by atoms with Crippen molar-refractivity contribution < 1.29 is 24.6 Å². The lowest BCUT2D eigenvalue weighted by Gasteiger charge is -2.19. The Hall–Kier alpha value is -4.47. The van der Waals surface area contributed by atoms with Crippen molar-refractivity contribution in [2.75, 3.05) is 34.3 Å². The minimum atomic E-state index is -1.06. The zero-order valence-corrected chi connectivity index (χ0v) is 21.7. The number of rotatable bonds is 9. The molecule has 0 unspecified atom stereocenters. The second-order valence-corrected chi connectivity index (χ2v) is 9.18. The number of nitrogens with zero attached hydrogens (tertiary/aromatic N) is 3. The Kier molecular flexibility index (Phi) is 7.90. The van der Waals surface area contributed by atoms with Crippen molar-refractivity contribution >= 4 is 34.2 Å². The number of carboxylic acids is 1. The third kappa shape index (κ3) is 5.74. The summed E-state index contributed by atoms with van der Waals surface area (Å²) in [5, 5.41) is 22.1.